The fraction of sp³-hybridized carbons (Fsp3) is 0.625. The van der Waals surface area contributed by atoms with Crippen LogP contribution >= 0.6 is 0 Å². The average molecular weight is 1680 g/mol. The first kappa shape index (κ1) is 110. The van der Waals surface area contributed by atoms with Crippen molar-refractivity contribution >= 4 is 0 Å². The molecule has 6 aromatic carbocycles. The van der Waals surface area contributed by atoms with Gasteiger partial charge in [0.15, 0.2) is 0 Å². The predicted octanol–water partition coefficient (Wildman–Crippen LogP) is 17.7. The van der Waals surface area contributed by atoms with Crippen molar-refractivity contribution < 1.29 is 103 Å². The monoisotopic (exact) mass is 1670 g/mol. The van der Waals surface area contributed by atoms with Gasteiger partial charge in [0.2, 0.25) is 0 Å². The molecule has 0 saturated carbocycles. The van der Waals surface area contributed by atoms with E-state index in [2.05, 4.69) is 263 Å². The molecule has 0 N–H and O–H groups in total. The molecule has 110 heavy (non-hydrogen) atoms. The minimum Gasteiger partial charge on any atom is -0.872 e. The van der Waals surface area contributed by atoms with Crippen molar-refractivity contribution in [2.75, 3.05) is 39.5 Å². The van der Waals surface area contributed by atoms with Crippen molar-refractivity contribution in [2.45, 2.75) is 355 Å². The minimum atomic E-state index is -0.750. The number of aryl methyl sites for hydroxylation is 2. The number of ether oxygens (including phenoxy) is 2. The van der Waals surface area contributed by atoms with E-state index in [-0.39, 0.29) is 119 Å². The Kier molecular flexibility index (Phi) is 45.5. The van der Waals surface area contributed by atoms with Crippen LogP contribution in [-0.4, -0.2) is 71.7 Å². The molecule has 0 unspecified atom stereocenters. The van der Waals surface area contributed by atoms with Gasteiger partial charge in [-0.15, -0.1) is 45.4 Å². The molecule has 0 aliphatic carbocycles. The molecule has 6 aromatic rings. The molecule has 0 spiro atoms. The maximum atomic E-state index is 14.3. The third-order valence-electron chi connectivity index (χ3n) is 16.3. The van der Waals surface area contributed by atoms with Crippen LogP contribution in [0.4, 0.5) is 0 Å². The predicted molar refractivity (Wildman–Crippen MR) is 444 cm³/mol. The molecule has 0 fully saturated rings. The Hall–Kier alpha value is -4.03. The SMILES string of the molecule is CC(C)(C)[O-].CC(C)(C)[O-].CC(C)(C)[O-].CC(C)(C)[O-].CC(C)(C)c1cc(CN(CCOCCOCCN(Cc2cc(C(C)(C)C)cc(C(C)(C)C)c2[O-])Cc2cc(C(C)(C)C)cc(C(C)(C)C)c2[O-])Cc2cc(C(C)(C)C)cc(C(C)(C)C)c2[O-])c([O-])c(C(C)(C)C)c1.Cc1ccccc1.Cc1ccccc1.[Zr+4].[Zr+4]. The molecule has 0 aliphatic rings. The van der Waals surface area contributed by atoms with Gasteiger partial charge < -0.3 is 50.3 Å². The molecule has 0 saturated heterocycles. The van der Waals surface area contributed by atoms with E-state index in [0.717, 1.165) is 66.8 Å². The smallest absolute Gasteiger partial charge is 0.872 e. The fourth-order valence-corrected chi connectivity index (χ4v) is 10.4. The van der Waals surface area contributed by atoms with Crippen molar-refractivity contribution in [2.24, 2.45) is 0 Å². The van der Waals surface area contributed by atoms with Gasteiger partial charge in [0.25, 0.3) is 0 Å². The molecule has 0 amide bonds. The summed E-state index contributed by atoms with van der Waals surface area (Å²) in [6.07, 6.45) is 0. The van der Waals surface area contributed by atoms with E-state index in [9.17, 15) is 40.9 Å². The van der Waals surface area contributed by atoms with Crippen LogP contribution in [0.1, 0.15) is 327 Å². The standard InChI is InChI=1S/C66H104N2O6.2C7H8.4C4H9O.2Zr/c1-59(2,3)47-31-43(55(69)51(35-47)63(13,14)15)39-67(40-44-32-48(60(4,5)6)36-52(56(44)70)64(16,17)18)25-27-73-29-30-74-28-26-68(41-45-33-49(61(7,8)9)37-53(57(45)71)65(19,20)21)42-46-34-50(62(10,11)12)38-54(58(46)72)66(22,23)24;2*1-7-5-3-2-4-6-7;4*1-4(2,3)5;;/h31-38,69-72H,25-30,39-42H2,1-24H3;2*2-6H,1H3;4*1-3H3;;/q;;;4*-1;2*+4/p-4. The molecule has 12 nitrogen and oxygen atoms in total. The first-order valence-corrected chi connectivity index (χ1v) is 39.0. The van der Waals surface area contributed by atoms with E-state index in [4.69, 9.17) is 9.47 Å². The summed E-state index contributed by atoms with van der Waals surface area (Å²) in [7, 11) is 0. The first-order valence-electron chi connectivity index (χ1n) is 39.0. The second kappa shape index (κ2) is 45.5. The quantitative estimate of drug-likeness (QED) is 0.0781. The molecular formula is C96H152N2O10Zr2. The van der Waals surface area contributed by atoms with Gasteiger partial charge in [0, 0.05) is 39.3 Å². The average Bonchev–Trinajstić information content (AvgIpc) is 0.795. The summed E-state index contributed by atoms with van der Waals surface area (Å²) in [5.41, 5.74) is 8.09. The van der Waals surface area contributed by atoms with Crippen LogP contribution in [0.15, 0.2) is 109 Å². The molecule has 0 aromatic heterocycles. The Balaban J connectivity index is -0.00000260. The third-order valence-corrected chi connectivity index (χ3v) is 16.3. The Morgan fingerprint density at radius 1 is 0.255 bits per heavy atom. The Morgan fingerprint density at radius 3 is 0.545 bits per heavy atom. The Bertz CT molecular complexity index is 3140. The zero-order valence-corrected chi connectivity index (χ0v) is 81.4. The van der Waals surface area contributed by atoms with Gasteiger partial charge in [-0.2, -0.15) is 0 Å². The van der Waals surface area contributed by atoms with Gasteiger partial charge in [0.05, 0.1) is 26.4 Å². The van der Waals surface area contributed by atoms with E-state index in [1.807, 2.05) is 36.4 Å². The van der Waals surface area contributed by atoms with Crippen molar-refractivity contribution in [1.82, 2.24) is 9.80 Å². The van der Waals surface area contributed by atoms with Gasteiger partial charge >= 0.3 is 52.4 Å². The largest absolute Gasteiger partial charge is 4.00 e. The van der Waals surface area contributed by atoms with Crippen LogP contribution in [0, 0.1) is 13.8 Å². The Morgan fingerprint density at radius 2 is 0.418 bits per heavy atom. The first-order chi connectivity index (χ1) is 48.2. The normalized spacial score (nSPS) is 12.5. The summed E-state index contributed by atoms with van der Waals surface area (Å²) in [6.45, 7) is 78.9. The Labute approximate surface area is 711 Å². The number of hydrogen-bond donors (Lipinski definition) is 0. The maximum absolute atomic E-state index is 14.3. The number of benzene rings is 6. The molecule has 0 radical (unpaired) electrons. The van der Waals surface area contributed by atoms with Crippen LogP contribution in [0.2, 0.25) is 0 Å². The summed E-state index contributed by atoms with van der Waals surface area (Å²) >= 11 is 0. The van der Waals surface area contributed by atoms with Crippen LogP contribution in [-0.2, 0) is 131 Å². The molecular weight excluding hydrogens is 1520 g/mol. The summed E-state index contributed by atoms with van der Waals surface area (Å²) in [5, 5.41) is 97.7. The van der Waals surface area contributed by atoms with Gasteiger partial charge in [-0.05, 0) is 124 Å². The van der Waals surface area contributed by atoms with Gasteiger partial charge in [-0.3, -0.25) is 9.80 Å². The number of nitrogens with zero attached hydrogens (tertiary/aromatic N) is 2. The number of rotatable bonds is 17. The molecule has 14 heteroatoms. The van der Waals surface area contributed by atoms with Crippen molar-refractivity contribution in [3.05, 3.63) is 187 Å². The third kappa shape index (κ3) is 48.4. The second-order valence-electron chi connectivity index (χ2n) is 41.5. The van der Waals surface area contributed by atoms with E-state index >= 15 is 0 Å². The summed E-state index contributed by atoms with van der Waals surface area (Å²) in [4.78, 5) is 4.38. The maximum Gasteiger partial charge on any atom is 4.00 e. The van der Waals surface area contributed by atoms with Crippen molar-refractivity contribution in [3.8, 4) is 23.0 Å². The van der Waals surface area contributed by atoms with Crippen LogP contribution in [0.5, 0.6) is 23.0 Å². The van der Waals surface area contributed by atoms with Gasteiger partial charge in [0.1, 0.15) is 0 Å². The van der Waals surface area contributed by atoms with E-state index in [0.29, 0.717) is 65.7 Å². The molecule has 0 aliphatic heterocycles. The van der Waals surface area contributed by atoms with Crippen molar-refractivity contribution in [3.63, 3.8) is 0 Å². The zero-order valence-electron chi connectivity index (χ0n) is 76.4. The van der Waals surface area contributed by atoms with Crippen LogP contribution < -0.4 is 40.9 Å². The van der Waals surface area contributed by atoms with Crippen molar-refractivity contribution in [1.29, 1.82) is 0 Å². The van der Waals surface area contributed by atoms with E-state index in [1.54, 1.807) is 83.1 Å². The molecule has 0 atom stereocenters. The topological polar surface area (TPSA) is 209 Å². The zero-order chi connectivity index (χ0) is 84.8. The molecule has 0 bridgehead atoms. The van der Waals surface area contributed by atoms with Gasteiger partial charge in [-0.1, -0.05) is 370 Å². The summed E-state index contributed by atoms with van der Waals surface area (Å²) in [6, 6.07) is 37.1. The van der Waals surface area contributed by atoms with Crippen LogP contribution in [0.3, 0.4) is 0 Å². The van der Waals surface area contributed by atoms with Crippen LogP contribution in [0.25, 0.3) is 0 Å². The molecule has 614 valence electrons. The summed E-state index contributed by atoms with van der Waals surface area (Å²) in [5.74, 6) is 0.189. The van der Waals surface area contributed by atoms with E-state index < -0.39 is 22.4 Å². The number of hydrogen-bond acceptors (Lipinski definition) is 12. The van der Waals surface area contributed by atoms with Gasteiger partial charge in [-0.25, -0.2) is 0 Å². The minimum absolute atomic E-state index is 0. The van der Waals surface area contributed by atoms with E-state index in [1.165, 1.54) is 11.1 Å². The fourth-order valence-electron chi connectivity index (χ4n) is 10.4. The molecule has 0 heterocycles. The summed E-state index contributed by atoms with van der Waals surface area (Å²) < 4.78 is 12.6. The second-order valence-corrected chi connectivity index (χ2v) is 41.5. The molecule has 6 rings (SSSR count).